The number of amides is 3. The summed E-state index contributed by atoms with van der Waals surface area (Å²) in [5.74, 6) is -0.685. The monoisotopic (exact) mass is 587 g/mol. The van der Waals surface area contributed by atoms with Gasteiger partial charge in [-0.05, 0) is 56.0 Å². The quantitative estimate of drug-likeness (QED) is 0.192. The molecule has 2 atom stereocenters. The van der Waals surface area contributed by atoms with Crippen molar-refractivity contribution in [3.63, 3.8) is 0 Å². The number of phenolic OH excluding ortho intramolecular Hbond substituents is 1. The van der Waals surface area contributed by atoms with Crippen LogP contribution in [0.15, 0.2) is 84.9 Å². The third kappa shape index (κ3) is 11.1. The minimum atomic E-state index is -0.989. The minimum absolute atomic E-state index is 0.0570. The fourth-order valence-corrected chi connectivity index (χ4v) is 4.79. The highest BCUT2D eigenvalue weighted by molar-refractivity contribution is 5.92. The Labute approximate surface area is 255 Å². The van der Waals surface area contributed by atoms with E-state index < -0.39 is 23.8 Å². The van der Waals surface area contributed by atoms with Crippen molar-refractivity contribution in [1.82, 2.24) is 15.5 Å². The van der Waals surface area contributed by atoms with Crippen LogP contribution in [-0.2, 0) is 27.3 Å². The predicted molar refractivity (Wildman–Crippen MR) is 168 cm³/mol. The summed E-state index contributed by atoms with van der Waals surface area (Å²) in [6.45, 7) is 8.00. The van der Waals surface area contributed by atoms with E-state index in [1.807, 2.05) is 60.7 Å². The summed E-state index contributed by atoms with van der Waals surface area (Å²) in [6, 6.07) is 23.3. The summed E-state index contributed by atoms with van der Waals surface area (Å²) in [5, 5.41) is 15.8. The zero-order valence-electron chi connectivity index (χ0n) is 25.7. The Morgan fingerprint density at radius 2 is 1.44 bits per heavy atom. The molecule has 3 rings (SSSR count). The number of alkyl carbamates (subject to hydrolysis) is 1. The summed E-state index contributed by atoms with van der Waals surface area (Å²) in [4.78, 5) is 43.0. The summed E-state index contributed by atoms with van der Waals surface area (Å²) in [6.07, 6.45) is 3.10. The molecule has 43 heavy (non-hydrogen) atoms. The van der Waals surface area contributed by atoms with Gasteiger partial charge < -0.3 is 25.4 Å². The molecule has 3 N–H and O–H groups in total. The first-order valence-corrected chi connectivity index (χ1v) is 15.0. The van der Waals surface area contributed by atoms with Crippen LogP contribution < -0.4 is 10.6 Å². The molecule has 2 unspecified atom stereocenters. The molecule has 0 fully saturated rings. The maximum absolute atomic E-state index is 14.5. The Morgan fingerprint density at radius 1 is 0.837 bits per heavy atom. The van der Waals surface area contributed by atoms with Crippen molar-refractivity contribution >= 4 is 17.9 Å². The van der Waals surface area contributed by atoms with Gasteiger partial charge in [-0.15, -0.1) is 0 Å². The molecule has 3 amide bonds. The number of unbranched alkanes of at least 4 members (excludes halogenated alkanes) is 3. The van der Waals surface area contributed by atoms with E-state index in [9.17, 15) is 19.5 Å². The van der Waals surface area contributed by atoms with Gasteiger partial charge in [0.05, 0.1) is 0 Å². The SMILES string of the molecule is CCCCCCN(C(=O)C(Cc1ccccc1)NC(=O)OC(C)(C)C)C(C(=O)NCc1ccccc1)c1ccc(O)cc1. The zero-order valence-corrected chi connectivity index (χ0v) is 25.7. The molecule has 0 spiro atoms. The summed E-state index contributed by atoms with van der Waals surface area (Å²) in [5.41, 5.74) is 1.59. The van der Waals surface area contributed by atoms with Gasteiger partial charge in [0.15, 0.2) is 0 Å². The van der Waals surface area contributed by atoms with Crippen LogP contribution in [0, 0.1) is 0 Å². The molecule has 0 aliphatic rings. The molecule has 0 saturated heterocycles. The second-order valence-corrected chi connectivity index (χ2v) is 11.7. The molecule has 0 radical (unpaired) electrons. The standard InChI is InChI=1S/C35H45N3O5/c1-5-6-7-14-23-38(33(41)30(24-26-15-10-8-11-16-26)37-34(42)43-35(2,3)4)31(28-19-21-29(39)22-20-28)32(40)36-25-27-17-12-9-13-18-27/h8-13,15-22,30-31,39H,5-7,14,23-25H2,1-4H3,(H,36,40)(H,37,42). The van der Waals surface area contributed by atoms with Gasteiger partial charge in [-0.2, -0.15) is 0 Å². The van der Waals surface area contributed by atoms with Crippen molar-refractivity contribution < 1.29 is 24.2 Å². The topological polar surface area (TPSA) is 108 Å². The lowest BCUT2D eigenvalue weighted by Gasteiger charge is -2.34. The van der Waals surface area contributed by atoms with Crippen LogP contribution in [-0.4, -0.2) is 46.1 Å². The van der Waals surface area contributed by atoms with Gasteiger partial charge in [0, 0.05) is 19.5 Å². The van der Waals surface area contributed by atoms with E-state index >= 15 is 0 Å². The number of carbonyl (C=O) groups excluding carboxylic acids is 3. The van der Waals surface area contributed by atoms with Crippen molar-refractivity contribution in [3.05, 3.63) is 102 Å². The molecule has 0 aromatic heterocycles. The first-order valence-electron chi connectivity index (χ1n) is 15.0. The highest BCUT2D eigenvalue weighted by Gasteiger charge is 2.36. The largest absolute Gasteiger partial charge is 0.508 e. The third-order valence-electron chi connectivity index (χ3n) is 6.89. The first kappa shape index (κ1) is 33.2. The second-order valence-electron chi connectivity index (χ2n) is 11.7. The van der Waals surface area contributed by atoms with Gasteiger partial charge in [-0.3, -0.25) is 9.59 Å². The molecule has 3 aromatic carbocycles. The molecule has 0 aliphatic heterocycles. The Bertz CT molecular complexity index is 1290. The predicted octanol–water partition coefficient (Wildman–Crippen LogP) is 6.29. The van der Waals surface area contributed by atoms with Gasteiger partial charge in [0.2, 0.25) is 11.8 Å². The average molecular weight is 588 g/mol. The molecule has 8 nitrogen and oxygen atoms in total. The molecular formula is C35H45N3O5. The Morgan fingerprint density at radius 3 is 2.02 bits per heavy atom. The van der Waals surface area contributed by atoms with Crippen molar-refractivity contribution in [3.8, 4) is 5.75 Å². The van der Waals surface area contributed by atoms with E-state index in [1.165, 1.54) is 12.1 Å². The lowest BCUT2D eigenvalue weighted by Crippen LogP contribution is -2.54. The van der Waals surface area contributed by atoms with Gasteiger partial charge in [0.1, 0.15) is 23.4 Å². The van der Waals surface area contributed by atoms with E-state index in [-0.39, 0.29) is 30.5 Å². The van der Waals surface area contributed by atoms with Crippen LogP contribution in [0.1, 0.15) is 76.1 Å². The third-order valence-corrected chi connectivity index (χ3v) is 6.89. The number of carbonyl (C=O) groups is 3. The number of hydrogen-bond donors (Lipinski definition) is 3. The second kappa shape index (κ2) is 16.3. The Balaban J connectivity index is 2.00. The smallest absolute Gasteiger partial charge is 0.408 e. The van der Waals surface area contributed by atoms with Crippen LogP contribution in [0.3, 0.4) is 0 Å². The van der Waals surface area contributed by atoms with Crippen LogP contribution >= 0.6 is 0 Å². The Hall–Kier alpha value is -4.33. The van der Waals surface area contributed by atoms with Crippen molar-refractivity contribution in [2.75, 3.05) is 6.54 Å². The number of rotatable bonds is 14. The Kier molecular flexibility index (Phi) is 12.6. The molecule has 0 aliphatic carbocycles. The number of aromatic hydroxyl groups is 1. The number of nitrogens with zero attached hydrogens (tertiary/aromatic N) is 1. The van der Waals surface area contributed by atoms with E-state index in [4.69, 9.17) is 4.74 Å². The van der Waals surface area contributed by atoms with Crippen LogP contribution in [0.5, 0.6) is 5.75 Å². The van der Waals surface area contributed by atoms with Crippen LogP contribution in [0.2, 0.25) is 0 Å². The minimum Gasteiger partial charge on any atom is -0.508 e. The number of nitrogens with one attached hydrogen (secondary N) is 2. The number of benzene rings is 3. The maximum Gasteiger partial charge on any atom is 0.408 e. The summed E-state index contributed by atoms with van der Waals surface area (Å²) >= 11 is 0. The molecule has 0 heterocycles. The lowest BCUT2D eigenvalue weighted by molar-refractivity contribution is -0.142. The van der Waals surface area contributed by atoms with Gasteiger partial charge in [-0.25, -0.2) is 4.79 Å². The van der Waals surface area contributed by atoms with E-state index in [0.717, 1.165) is 30.4 Å². The fraction of sp³-hybridized carbons (Fsp3) is 0.400. The molecule has 0 bridgehead atoms. The van der Waals surface area contributed by atoms with Crippen molar-refractivity contribution in [1.29, 1.82) is 0 Å². The highest BCUT2D eigenvalue weighted by atomic mass is 16.6. The van der Waals surface area contributed by atoms with Gasteiger partial charge >= 0.3 is 6.09 Å². The fourth-order valence-electron chi connectivity index (χ4n) is 4.79. The summed E-state index contributed by atoms with van der Waals surface area (Å²) < 4.78 is 5.51. The van der Waals surface area contributed by atoms with Crippen molar-refractivity contribution in [2.24, 2.45) is 0 Å². The molecular weight excluding hydrogens is 542 g/mol. The normalized spacial score (nSPS) is 12.6. The van der Waals surface area contributed by atoms with Crippen LogP contribution in [0.25, 0.3) is 0 Å². The number of hydrogen-bond acceptors (Lipinski definition) is 5. The molecule has 3 aromatic rings. The van der Waals surface area contributed by atoms with Crippen molar-refractivity contribution in [2.45, 2.75) is 84.0 Å². The summed E-state index contributed by atoms with van der Waals surface area (Å²) in [7, 11) is 0. The van der Waals surface area contributed by atoms with E-state index in [1.54, 1.807) is 37.8 Å². The lowest BCUT2D eigenvalue weighted by atomic mass is 9.99. The molecule has 230 valence electrons. The number of ether oxygens (including phenoxy) is 1. The van der Waals surface area contributed by atoms with E-state index in [2.05, 4.69) is 17.6 Å². The van der Waals surface area contributed by atoms with Crippen LogP contribution in [0.4, 0.5) is 4.79 Å². The zero-order chi connectivity index (χ0) is 31.2. The van der Waals surface area contributed by atoms with E-state index in [0.29, 0.717) is 18.5 Å². The molecule has 0 saturated carbocycles. The molecule has 8 heteroatoms. The maximum atomic E-state index is 14.5. The van der Waals surface area contributed by atoms with Gasteiger partial charge in [0.25, 0.3) is 0 Å². The van der Waals surface area contributed by atoms with Gasteiger partial charge in [-0.1, -0.05) is 99.0 Å². The highest BCUT2D eigenvalue weighted by Crippen LogP contribution is 2.26. The number of phenols is 1. The first-order chi connectivity index (χ1) is 20.6. The average Bonchev–Trinajstić information content (AvgIpc) is 2.98.